The molecule has 0 spiro atoms. The van der Waals surface area contributed by atoms with Crippen molar-refractivity contribution < 1.29 is 9.18 Å². The number of carbonyl (C=O) groups is 1. The minimum atomic E-state index is -0.248. The van der Waals surface area contributed by atoms with Crippen molar-refractivity contribution in [3.8, 4) is 23.7 Å². The van der Waals surface area contributed by atoms with Crippen molar-refractivity contribution in [1.82, 2.24) is 0 Å². The number of halogens is 2. The average molecular weight is 426 g/mol. The number of carbonyl (C=O) groups excluding carboxylic acids is 1. The molecule has 1 amide bonds. The van der Waals surface area contributed by atoms with Crippen molar-refractivity contribution in [2.45, 2.75) is 32.6 Å². The van der Waals surface area contributed by atoms with Crippen LogP contribution in [0.2, 0.25) is 0 Å². The Bertz CT molecular complexity index is 884. The van der Waals surface area contributed by atoms with Crippen molar-refractivity contribution in [3.63, 3.8) is 0 Å². The largest absolute Gasteiger partial charge is 0.300 e. The molecule has 0 bridgehead atoms. The summed E-state index contributed by atoms with van der Waals surface area (Å²) in [5.41, 5.74) is 1.66. The molecule has 0 radical (unpaired) electrons. The monoisotopic (exact) mass is 425 g/mol. The first-order chi connectivity index (χ1) is 13.1. The van der Waals surface area contributed by atoms with E-state index in [1.54, 1.807) is 24.0 Å². The molecule has 0 aliphatic rings. The molecule has 2 nitrogen and oxygen atoms in total. The third-order valence-electron chi connectivity index (χ3n) is 3.82. The van der Waals surface area contributed by atoms with Crippen LogP contribution in [0, 0.1) is 29.5 Å². The highest BCUT2D eigenvalue weighted by atomic mass is 79.9. The molecule has 0 saturated heterocycles. The van der Waals surface area contributed by atoms with Crippen LogP contribution in [0.15, 0.2) is 53.0 Å². The first-order valence-corrected chi connectivity index (χ1v) is 9.60. The third kappa shape index (κ3) is 7.29. The Morgan fingerprint density at radius 2 is 1.67 bits per heavy atom. The van der Waals surface area contributed by atoms with Gasteiger partial charge in [-0.1, -0.05) is 29.9 Å². The van der Waals surface area contributed by atoms with Gasteiger partial charge in [0.25, 0.3) is 0 Å². The highest BCUT2D eigenvalue weighted by molar-refractivity contribution is 9.10. The normalized spacial score (nSPS) is 9.59. The molecular weight excluding hydrogens is 405 g/mol. The summed E-state index contributed by atoms with van der Waals surface area (Å²) in [4.78, 5) is 13.5. The number of anilines is 1. The van der Waals surface area contributed by atoms with Gasteiger partial charge in [-0.25, -0.2) is 4.39 Å². The molecule has 0 aromatic heterocycles. The van der Waals surface area contributed by atoms with Gasteiger partial charge < -0.3 is 0 Å². The average Bonchev–Trinajstić information content (AvgIpc) is 2.65. The highest BCUT2D eigenvalue weighted by Gasteiger charge is 2.12. The first kappa shape index (κ1) is 20.7. The van der Waals surface area contributed by atoms with Gasteiger partial charge in [0.1, 0.15) is 5.82 Å². The number of para-hydroxylation sites is 1. The zero-order chi connectivity index (χ0) is 19.5. The van der Waals surface area contributed by atoms with E-state index in [-0.39, 0.29) is 11.7 Å². The summed E-state index contributed by atoms with van der Waals surface area (Å²) < 4.78 is 13.7. The van der Waals surface area contributed by atoms with Crippen LogP contribution in [0.25, 0.3) is 0 Å². The molecule has 2 rings (SSSR count). The molecule has 2 aromatic rings. The Balaban J connectivity index is 1.73. The van der Waals surface area contributed by atoms with Gasteiger partial charge in [0.15, 0.2) is 0 Å². The molecule has 0 heterocycles. The summed E-state index contributed by atoms with van der Waals surface area (Å²) in [5, 5.41) is 0. The lowest BCUT2D eigenvalue weighted by Gasteiger charge is -2.19. The lowest BCUT2D eigenvalue weighted by atomic mass is 10.1. The fourth-order valence-corrected chi connectivity index (χ4v) is 2.88. The van der Waals surface area contributed by atoms with E-state index in [0.717, 1.165) is 41.4 Å². The van der Waals surface area contributed by atoms with Crippen molar-refractivity contribution in [1.29, 1.82) is 0 Å². The molecule has 0 N–H and O–H groups in total. The van der Waals surface area contributed by atoms with Crippen LogP contribution in [0.5, 0.6) is 0 Å². The highest BCUT2D eigenvalue weighted by Crippen LogP contribution is 2.25. The first-order valence-electron chi connectivity index (χ1n) is 8.80. The number of rotatable bonds is 5. The van der Waals surface area contributed by atoms with Gasteiger partial charge in [-0.2, -0.15) is 0 Å². The third-order valence-corrected chi connectivity index (χ3v) is 4.49. The number of unbranched alkanes of at least 4 members (excludes halogenated alkanes) is 3. The summed E-state index contributed by atoms with van der Waals surface area (Å²) in [5.74, 6) is 12.0. The van der Waals surface area contributed by atoms with E-state index in [1.165, 1.54) is 12.1 Å². The van der Waals surface area contributed by atoms with Gasteiger partial charge in [0.05, 0.1) is 12.2 Å². The fraction of sp³-hybridized carbons (Fsp3) is 0.261. The van der Waals surface area contributed by atoms with Crippen molar-refractivity contribution in [3.05, 3.63) is 64.4 Å². The van der Waals surface area contributed by atoms with E-state index in [9.17, 15) is 9.18 Å². The molecule has 0 atom stereocenters. The fourth-order valence-electron chi connectivity index (χ4n) is 2.38. The predicted molar refractivity (Wildman–Crippen MR) is 112 cm³/mol. The molecular formula is C23H21BrFNO. The number of amides is 1. The topological polar surface area (TPSA) is 20.3 Å². The maximum Gasteiger partial charge on any atom is 0.224 e. The number of hydrogen-bond donors (Lipinski definition) is 0. The van der Waals surface area contributed by atoms with E-state index in [4.69, 9.17) is 0 Å². The summed E-state index contributed by atoms with van der Waals surface area (Å²) in [7, 11) is 0. The van der Waals surface area contributed by atoms with Crippen LogP contribution in [-0.2, 0) is 4.79 Å². The Kier molecular flexibility index (Phi) is 8.62. The van der Waals surface area contributed by atoms with Crippen LogP contribution >= 0.6 is 15.9 Å². The smallest absolute Gasteiger partial charge is 0.224 e. The summed E-state index contributed by atoms with van der Waals surface area (Å²) >= 11 is 3.47. The SMILES string of the molecule is CC(=O)N(CC#CCCCCC#Cc1ccc(F)cc1)c1ccccc1Br. The van der Waals surface area contributed by atoms with Crippen LogP contribution < -0.4 is 4.90 Å². The molecule has 138 valence electrons. The summed E-state index contributed by atoms with van der Waals surface area (Å²) in [6.45, 7) is 1.92. The van der Waals surface area contributed by atoms with Crippen LogP contribution in [0.1, 0.15) is 38.2 Å². The standard InChI is InChI=1S/C23H21BrFNO/c1-19(27)26(23-13-9-8-12-22(23)24)18-10-6-4-2-3-5-7-11-20-14-16-21(25)17-15-20/h8-9,12-17H,2-5,18H2,1H3. The minimum Gasteiger partial charge on any atom is -0.300 e. The van der Waals surface area contributed by atoms with E-state index in [0.29, 0.717) is 6.54 Å². The van der Waals surface area contributed by atoms with E-state index in [1.807, 2.05) is 24.3 Å². The molecule has 0 aliphatic heterocycles. The van der Waals surface area contributed by atoms with E-state index < -0.39 is 0 Å². The second kappa shape index (κ2) is 11.2. The lowest BCUT2D eigenvalue weighted by molar-refractivity contribution is -0.116. The molecule has 4 heteroatoms. The van der Waals surface area contributed by atoms with Crippen molar-refractivity contribution in [2.24, 2.45) is 0 Å². The molecule has 0 saturated carbocycles. The van der Waals surface area contributed by atoms with E-state index in [2.05, 4.69) is 39.6 Å². The van der Waals surface area contributed by atoms with Gasteiger partial charge in [-0.05, 0) is 65.2 Å². The number of nitrogens with zero attached hydrogens (tertiary/aromatic N) is 1. The summed E-state index contributed by atoms with van der Waals surface area (Å²) in [6, 6.07) is 13.8. The maximum atomic E-state index is 12.8. The quantitative estimate of drug-likeness (QED) is 0.453. The minimum absolute atomic E-state index is 0.0349. The molecule has 0 unspecified atom stereocenters. The second-order valence-electron chi connectivity index (χ2n) is 5.93. The van der Waals surface area contributed by atoms with Crippen LogP contribution in [-0.4, -0.2) is 12.5 Å². The van der Waals surface area contributed by atoms with Gasteiger partial charge in [0.2, 0.25) is 5.91 Å². The lowest BCUT2D eigenvalue weighted by Crippen LogP contribution is -2.29. The van der Waals surface area contributed by atoms with Crippen LogP contribution in [0.4, 0.5) is 10.1 Å². The summed E-state index contributed by atoms with van der Waals surface area (Å²) in [6.07, 6.45) is 3.49. The number of hydrogen-bond acceptors (Lipinski definition) is 1. The van der Waals surface area contributed by atoms with Crippen molar-refractivity contribution >= 4 is 27.5 Å². The van der Waals surface area contributed by atoms with Crippen molar-refractivity contribution in [2.75, 3.05) is 11.4 Å². The molecule has 2 aromatic carbocycles. The maximum absolute atomic E-state index is 12.8. The van der Waals surface area contributed by atoms with Crippen LogP contribution in [0.3, 0.4) is 0 Å². The van der Waals surface area contributed by atoms with Gasteiger partial charge in [0, 0.05) is 29.8 Å². The molecule has 27 heavy (non-hydrogen) atoms. The van der Waals surface area contributed by atoms with Gasteiger partial charge in [-0.3, -0.25) is 9.69 Å². The Labute approximate surface area is 168 Å². The Morgan fingerprint density at radius 1 is 1.00 bits per heavy atom. The van der Waals surface area contributed by atoms with E-state index >= 15 is 0 Å². The van der Waals surface area contributed by atoms with Gasteiger partial charge in [-0.15, -0.1) is 5.92 Å². The second-order valence-corrected chi connectivity index (χ2v) is 6.78. The molecule has 0 fully saturated rings. The number of benzene rings is 2. The van der Waals surface area contributed by atoms with Gasteiger partial charge >= 0.3 is 0 Å². The zero-order valence-corrected chi connectivity index (χ0v) is 16.9. The predicted octanol–water partition coefficient (Wildman–Crippen LogP) is 5.56. The molecule has 0 aliphatic carbocycles. The zero-order valence-electron chi connectivity index (χ0n) is 15.3. The Hall–Kier alpha value is -2.56. The Morgan fingerprint density at radius 3 is 2.33 bits per heavy atom.